The fraction of sp³-hybridized carbons (Fsp3) is 0.208. The van der Waals surface area contributed by atoms with Crippen molar-refractivity contribution in [2.75, 3.05) is 0 Å². The lowest BCUT2D eigenvalue weighted by molar-refractivity contribution is -0.208. The molecule has 1 aromatic carbocycles. The lowest BCUT2D eigenvalue weighted by atomic mass is 10.1. The third-order valence-electron chi connectivity index (χ3n) is 4.74. The zero-order valence-electron chi connectivity index (χ0n) is 17.6. The minimum atomic E-state index is -1.04. The molecule has 0 bridgehead atoms. The largest absolute Gasteiger partial charge is 0.489 e. The monoisotopic (exact) mass is 417 g/mol. The number of H-pyrrole nitrogens is 1. The number of benzene rings is 1. The molecule has 7 nitrogen and oxygen atoms in total. The van der Waals surface area contributed by atoms with Gasteiger partial charge in [-0.05, 0) is 25.1 Å². The first kappa shape index (κ1) is 20.4. The minimum Gasteiger partial charge on any atom is -0.489 e. The van der Waals surface area contributed by atoms with Crippen LogP contribution in [0.3, 0.4) is 0 Å². The van der Waals surface area contributed by atoms with Crippen LogP contribution in [0, 0.1) is 0 Å². The number of aromatic amines is 1. The first-order valence-electron chi connectivity index (χ1n) is 9.86. The van der Waals surface area contributed by atoms with E-state index in [1.54, 1.807) is 38.4 Å². The van der Waals surface area contributed by atoms with E-state index in [2.05, 4.69) is 21.5 Å². The van der Waals surface area contributed by atoms with E-state index in [0.717, 1.165) is 22.0 Å². The minimum absolute atomic E-state index is 0.221. The van der Waals surface area contributed by atoms with E-state index in [1.165, 1.54) is 0 Å². The number of carbonyl (C=O) groups excluding carboxylic acids is 1. The zero-order chi connectivity index (χ0) is 22.0. The maximum absolute atomic E-state index is 12.3. The number of aromatic nitrogens is 3. The number of rotatable bonds is 5. The smallest absolute Gasteiger partial charge is 0.345 e. The Morgan fingerprint density at radius 3 is 2.68 bits per heavy atom. The molecule has 4 rings (SSSR count). The molecular formula is C24H23N3O4. The van der Waals surface area contributed by atoms with Crippen molar-refractivity contribution in [3.8, 4) is 11.4 Å². The molecular weight excluding hydrogens is 394 g/mol. The standard InChI is InChI=1S/C24H23N3O4/c1-5-17(10-19-15(2)30-24(3,4)31-23(19)28)29-14-16-11-26-22(27-12-16)20-13-25-21-9-7-6-8-18(20)21/h5-13,25H,2,14H2,1,3-4H3/b17-5+,19-10+. The highest BCUT2D eigenvalue weighted by molar-refractivity contribution is 5.94. The molecule has 1 fully saturated rings. The van der Waals surface area contributed by atoms with E-state index in [9.17, 15) is 4.79 Å². The molecule has 31 heavy (non-hydrogen) atoms. The van der Waals surface area contributed by atoms with Gasteiger partial charge < -0.3 is 19.2 Å². The normalized spacial score (nSPS) is 17.5. The lowest BCUT2D eigenvalue weighted by Crippen LogP contribution is -2.37. The van der Waals surface area contributed by atoms with Crippen LogP contribution in [0.4, 0.5) is 0 Å². The van der Waals surface area contributed by atoms with Crippen molar-refractivity contribution in [1.29, 1.82) is 0 Å². The predicted octanol–water partition coefficient (Wildman–Crippen LogP) is 4.79. The number of fused-ring (bicyclic) bond motifs is 1. The van der Waals surface area contributed by atoms with Gasteiger partial charge in [-0.3, -0.25) is 0 Å². The van der Waals surface area contributed by atoms with Gasteiger partial charge in [0.05, 0.1) is 0 Å². The Labute approximate surface area is 180 Å². The third-order valence-corrected chi connectivity index (χ3v) is 4.74. The molecule has 1 aliphatic heterocycles. The van der Waals surface area contributed by atoms with Crippen LogP contribution in [-0.2, 0) is 25.6 Å². The number of ether oxygens (including phenoxy) is 3. The van der Waals surface area contributed by atoms with Crippen molar-refractivity contribution < 1.29 is 19.0 Å². The number of para-hydroxylation sites is 1. The van der Waals surface area contributed by atoms with Crippen molar-refractivity contribution in [1.82, 2.24) is 15.0 Å². The SMILES string of the molecule is C=C1OC(C)(C)OC(=O)/C1=C/C(=C\C)OCc1cnc(-c2c[nH]c3ccccc23)nc1. The lowest BCUT2D eigenvalue weighted by Gasteiger charge is -2.32. The van der Waals surface area contributed by atoms with Gasteiger partial charge >= 0.3 is 5.97 Å². The molecule has 1 aliphatic rings. The van der Waals surface area contributed by atoms with Gasteiger partial charge in [0.1, 0.15) is 23.7 Å². The molecule has 1 N–H and O–H groups in total. The second-order valence-corrected chi connectivity index (χ2v) is 7.52. The summed E-state index contributed by atoms with van der Waals surface area (Å²) in [6.07, 6.45) is 8.66. The van der Waals surface area contributed by atoms with Crippen molar-refractivity contribution >= 4 is 16.9 Å². The first-order chi connectivity index (χ1) is 14.9. The van der Waals surface area contributed by atoms with E-state index in [4.69, 9.17) is 14.2 Å². The summed E-state index contributed by atoms with van der Waals surface area (Å²) in [5.74, 6) is -0.175. The molecule has 2 aromatic heterocycles. The average Bonchev–Trinajstić information content (AvgIpc) is 3.17. The summed E-state index contributed by atoms with van der Waals surface area (Å²) in [7, 11) is 0. The van der Waals surface area contributed by atoms with E-state index >= 15 is 0 Å². The molecule has 3 heterocycles. The molecule has 0 atom stereocenters. The average molecular weight is 417 g/mol. The Bertz CT molecular complexity index is 1180. The van der Waals surface area contributed by atoms with E-state index < -0.39 is 11.8 Å². The molecule has 0 saturated carbocycles. The second-order valence-electron chi connectivity index (χ2n) is 7.52. The van der Waals surface area contributed by atoms with Crippen molar-refractivity contribution in [2.45, 2.75) is 33.2 Å². The summed E-state index contributed by atoms with van der Waals surface area (Å²) in [6, 6.07) is 8.00. The van der Waals surface area contributed by atoms with Gasteiger partial charge in [0.15, 0.2) is 5.82 Å². The maximum Gasteiger partial charge on any atom is 0.345 e. The van der Waals surface area contributed by atoms with Crippen LogP contribution in [0.25, 0.3) is 22.3 Å². The van der Waals surface area contributed by atoms with E-state index in [0.29, 0.717) is 11.6 Å². The van der Waals surface area contributed by atoms with Gasteiger partial charge in [-0.25, -0.2) is 14.8 Å². The molecule has 1 saturated heterocycles. The quantitative estimate of drug-likeness (QED) is 0.365. The summed E-state index contributed by atoms with van der Waals surface area (Å²) in [6.45, 7) is 9.16. The van der Waals surface area contributed by atoms with Crippen molar-refractivity contribution in [3.63, 3.8) is 0 Å². The maximum atomic E-state index is 12.3. The number of nitrogens with one attached hydrogen (secondary N) is 1. The van der Waals surface area contributed by atoms with Gasteiger partial charge in [-0.15, -0.1) is 0 Å². The predicted molar refractivity (Wildman–Crippen MR) is 116 cm³/mol. The molecule has 3 aromatic rings. The number of esters is 1. The Balaban J connectivity index is 1.45. The summed E-state index contributed by atoms with van der Waals surface area (Å²) >= 11 is 0. The van der Waals surface area contributed by atoms with Crippen molar-refractivity contribution in [3.05, 3.63) is 84.2 Å². The van der Waals surface area contributed by atoms with Crippen LogP contribution in [0.15, 0.2) is 78.7 Å². The number of hydrogen-bond acceptors (Lipinski definition) is 6. The van der Waals surface area contributed by atoms with Crippen LogP contribution in [0.2, 0.25) is 0 Å². The molecule has 158 valence electrons. The van der Waals surface area contributed by atoms with Gasteiger partial charge in [0.25, 0.3) is 0 Å². The summed E-state index contributed by atoms with van der Waals surface area (Å²) in [5.41, 5.74) is 3.00. The highest BCUT2D eigenvalue weighted by atomic mass is 16.7. The number of nitrogens with zero attached hydrogens (tertiary/aromatic N) is 2. The highest BCUT2D eigenvalue weighted by Crippen LogP contribution is 2.29. The van der Waals surface area contributed by atoms with E-state index in [1.807, 2.05) is 37.4 Å². The van der Waals surface area contributed by atoms with Crippen LogP contribution in [0.1, 0.15) is 26.3 Å². The summed E-state index contributed by atoms with van der Waals surface area (Å²) in [4.78, 5) is 24.4. The number of hydrogen-bond donors (Lipinski definition) is 1. The molecule has 0 unspecified atom stereocenters. The Morgan fingerprint density at radius 2 is 1.97 bits per heavy atom. The molecule has 0 aliphatic carbocycles. The number of allylic oxidation sites excluding steroid dienone is 2. The summed E-state index contributed by atoms with van der Waals surface area (Å²) < 4.78 is 16.6. The number of cyclic esters (lactones) is 1. The fourth-order valence-electron chi connectivity index (χ4n) is 3.25. The number of carbonyl (C=O) groups is 1. The van der Waals surface area contributed by atoms with Crippen LogP contribution >= 0.6 is 0 Å². The topological polar surface area (TPSA) is 86.3 Å². The van der Waals surface area contributed by atoms with Gasteiger partial charge in [0, 0.05) is 54.5 Å². The van der Waals surface area contributed by atoms with Crippen LogP contribution in [-0.4, -0.2) is 26.7 Å². The van der Waals surface area contributed by atoms with Gasteiger partial charge in [-0.2, -0.15) is 0 Å². The Morgan fingerprint density at radius 1 is 1.23 bits per heavy atom. The van der Waals surface area contributed by atoms with E-state index in [-0.39, 0.29) is 17.9 Å². The molecule has 7 heteroatoms. The van der Waals surface area contributed by atoms with Crippen LogP contribution in [0.5, 0.6) is 0 Å². The highest BCUT2D eigenvalue weighted by Gasteiger charge is 2.35. The van der Waals surface area contributed by atoms with Crippen molar-refractivity contribution in [2.24, 2.45) is 0 Å². The Kier molecular flexibility index (Phi) is 5.33. The first-order valence-corrected chi connectivity index (χ1v) is 9.86. The Hall–Kier alpha value is -3.87. The molecule has 0 spiro atoms. The van der Waals surface area contributed by atoms with Gasteiger partial charge in [0.2, 0.25) is 5.79 Å². The molecule has 0 amide bonds. The second kappa shape index (κ2) is 8.10. The fourth-order valence-corrected chi connectivity index (χ4v) is 3.25. The summed E-state index contributed by atoms with van der Waals surface area (Å²) in [5, 5.41) is 1.07. The molecule has 0 radical (unpaired) electrons. The third kappa shape index (κ3) is 4.35. The van der Waals surface area contributed by atoms with Crippen LogP contribution < -0.4 is 0 Å². The van der Waals surface area contributed by atoms with Gasteiger partial charge in [-0.1, -0.05) is 24.8 Å². The zero-order valence-corrected chi connectivity index (χ0v) is 17.6.